The van der Waals surface area contributed by atoms with Crippen LogP contribution >= 0.6 is 0 Å². The Morgan fingerprint density at radius 3 is 2.56 bits per heavy atom. The Morgan fingerprint density at radius 1 is 1.03 bits per heavy atom. The molecule has 1 aromatic carbocycles. The van der Waals surface area contributed by atoms with Crippen molar-refractivity contribution in [2.45, 2.75) is 38.0 Å². The summed E-state index contributed by atoms with van der Waals surface area (Å²) in [5, 5.41) is 4.78. The molecule has 3 N–H and O–H groups in total. The van der Waals surface area contributed by atoms with Crippen molar-refractivity contribution in [1.82, 2.24) is 24.3 Å². The molecule has 3 saturated carbocycles. The summed E-state index contributed by atoms with van der Waals surface area (Å²) in [6, 6.07) is 12.9. The van der Waals surface area contributed by atoms with E-state index in [9.17, 15) is 14.0 Å². The average molecular weight is 523 g/mol. The zero-order valence-corrected chi connectivity index (χ0v) is 21.2. The molecule has 5 aromatic rings. The number of fused-ring (bicyclic) bond motifs is 2. The van der Waals surface area contributed by atoms with Crippen molar-refractivity contribution in [3.8, 4) is 11.1 Å². The maximum absolute atomic E-state index is 13.7. The summed E-state index contributed by atoms with van der Waals surface area (Å²) in [5.74, 6) is -0.488. The molecule has 0 radical (unpaired) electrons. The van der Waals surface area contributed by atoms with E-state index in [2.05, 4.69) is 10.3 Å². The normalized spacial score (nSPS) is 21.6. The predicted molar refractivity (Wildman–Crippen MR) is 146 cm³/mol. The lowest BCUT2D eigenvalue weighted by Crippen LogP contribution is -2.67. The van der Waals surface area contributed by atoms with Crippen molar-refractivity contribution in [3.63, 3.8) is 0 Å². The number of halogens is 1. The maximum Gasteiger partial charge on any atom is 0.260 e. The lowest BCUT2D eigenvalue weighted by molar-refractivity contribution is -0.209. The van der Waals surface area contributed by atoms with Crippen LogP contribution in [0.15, 0.2) is 78.2 Å². The van der Waals surface area contributed by atoms with Gasteiger partial charge in [0.15, 0.2) is 0 Å². The van der Waals surface area contributed by atoms with Crippen molar-refractivity contribution >= 4 is 22.3 Å². The van der Waals surface area contributed by atoms with Crippen LogP contribution in [0.4, 0.5) is 4.39 Å². The molecule has 39 heavy (non-hydrogen) atoms. The lowest BCUT2D eigenvalue weighted by Gasteiger charge is -2.66. The van der Waals surface area contributed by atoms with E-state index in [-0.39, 0.29) is 11.0 Å². The van der Waals surface area contributed by atoms with E-state index in [4.69, 9.17) is 10.7 Å². The third-order valence-corrected chi connectivity index (χ3v) is 8.18. The van der Waals surface area contributed by atoms with Gasteiger partial charge in [-0.05, 0) is 65.5 Å². The highest BCUT2D eigenvalue weighted by atomic mass is 19.1. The molecule has 196 valence electrons. The highest BCUT2D eigenvalue weighted by molar-refractivity contribution is 5.97. The van der Waals surface area contributed by atoms with Gasteiger partial charge in [0, 0.05) is 55.2 Å². The van der Waals surface area contributed by atoms with Crippen LogP contribution in [0.3, 0.4) is 0 Å². The number of carbonyl (C=O) groups excluding carboxylic acids is 1. The zero-order valence-electron chi connectivity index (χ0n) is 21.2. The average Bonchev–Trinajstić information content (AvgIpc) is 3.30. The number of amides is 1. The first-order valence-electron chi connectivity index (χ1n) is 13.0. The van der Waals surface area contributed by atoms with Gasteiger partial charge in [-0.25, -0.2) is 9.37 Å². The number of nitrogens with one attached hydrogen (secondary N) is 1. The van der Waals surface area contributed by atoms with E-state index in [1.54, 1.807) is 47.4 Å². The molecule has 0 spiro atoms. The number of aromatic nitrogens is 4. The number of imidazole rings is 1. The summed E-state index contributed by atoms with van der Waals surface area (Å²) < 4.78 is 17.4. The van der Waals surface area contributed by atoms with Crippen molar-refractivity contribution in [1.29, 1.82) is 0 Å². The summed E-state index contributed by atoms with van der Waals surface area (Å²) in [7, 11) is 0. The van der Waals surface area contributed by atoms with Gasteiger partial charge in [-0.15, -0.1) is 0 Å². The number of nitrogens with zero attached hydrogens (tertiary/aromatic N) is 4. The molecule has 2 bridgehead atoms. The molecule has 0 atom stereocenters. The number of primary amides is 1. The van der Waals surface area contributed by atoms with Crippen molar-refractivity contribution in [2.24, 2.45) is 11.1 Å². The van der Waals surface area contributed by atoms with E-state index in [0.29, 0.717) is 36.8 Å². The van der Waals surface area contributed by atoms with Crippen molar-refractivity contribution in [2.75, 3.05) is 6.54 Å². The Hall–Kier alpha value is -4.37. The number of hydrogen-bond donors (Lipinski definition) is 2. The molecule has 4 heterocycles. The van der Waals surface area contributed by atoms with Crippen LogP contribution in [0.2, 0.25) is 0 Å². The molecule has 0 saturated heterocycles. The Morgan fingerprint density at radius 2 is 1.82 bits per heavy atom. The summed E-state index contributed by atoms with van der Waals surface area (Å²) >= 11 is 0. The minimum atomic E-state index is -0.862. The van der Waals surface area contributed by atoms with Crippen molar-refractivity contribution < 1.29 is 9.18 Å². The number of benzene rings is 1. The first-order chi connectivity index (χ1) is 18.8. The first kappa shape index (κ1) is 23.7. The molecule has 0 aliphatic heterocycles. The minimum Gasteiger partial charge on any atom is -0.366 e. The van der Waals surface area contributed by atoms with Crippen LogP contribution in [0, 0.1) is 5.41 Å². The largest absolute Gasteiger partial charge is 0.366 e. The lowest BCUT2D eigenvalue weighted by atomic mass is 9.42. The molecule has 3 aliphatic rings. The van der Waals surface area contributed by atoms with Crippen LogP contribution in [0.5, 0.6) is 0 Å². The second-order valence-electron chi connectivity index (χ2n) is 11.2. The van der Waals surface area contributed by atoms with Crippen LogP contribution < -0.4 is 16.6 Å². The van der Waals surface area contributed by atoms with Gasteiger partial charge in [-0.2, -0.15) is 0 Å². The monoisotopic (exact) mass is 522 g/mol. The van der Waals surface area contributed by atoms with Crippen LogP contribution in [0.25, 0.3) is 27.5 Å². The van der Waals surface area contributed by atoms with Crippen LogP contribution in [0.1, 0.15) is 40.9 Å². The van der Waals surface area contributed by atoms with Gasteiger partial charge >= 0.3 is 0 Å². The summed E-state index contributed by atoms with van der Waals surface area (Å²) in [4.78, 5) is 33.8. The van der Waals surface area contributed by atoms with E-state index in [0.717, 1.165) is 46.5 Å². The highest BCUT2D eigenvalue weighted by Gasteiger charge is 2.68. The fraction of sp³-hybridized carbons (Fsp3) is 0.267. The number of pyridine rings is 3. The number of carbonyl (C=O) groups is 1. The van der Waals surface area contributed by atoms with E-state index in [1.165, 1.54) is 0 Å². The third kappa shape index (κ3) is 4.10. The summed E-state index contributed by atoms with van der Waals surface area (Å²) in [6.45, 7) is 1.90. The second kappa shape index (κ2) is 8.57. The van der Waals surface area contributed by atoms with Gasteiger partial charge in [-0.1, -0.05) is 18.2 Å². The Kier molecular flexibility index (Phi) is 5.21. The topological polar surface area (TPSA) is 107 Å². The molecule has 9 heteroatoms. The zero-order chi connectivity index (χ0) is 26.8. The number of hydrogen-bond acceptors (Lipinski definition) is 5. The fourth-order valence-corrected chi connectivity index (χ4v) is 6.34. The second-order valence-corrected chi connectivity index (χ2v) is 11.2. The quantitative estimate of drug-likeness (QED) is 0.322. The van der Waals surface area contributed by atoms with Gasteiger partial charge in [0.1, 0.15) is 11.3 Å². The molecule has 3 aliphatic carbocycles. The van der Waals surface area contributed by atoms with E-state index < -0.39 is 11.6 Å². The molecule has 3 fully saturated rings. The molecular formula is C30H27FN6O2. The standard InChI is InChI=1S/C30H27FN6O2/c31-30-15-29(16-30,17-30)18-34-9-19-1-6-26-35-22(14-37(26)12-19)13-36-8-7-23-24(10-33-11-25(23)28(36)39)20-2-4-21(5-3-20)27(32)38/h1-8,10-12,14,34H,9,13,15-18H2,(H2,32,38). The molecule has 4 aromatic heterocycles. The third-order valence-electron chi connectivity index (χ3n) is 8.18. The van der Waals surface area contributed by atoms with E-state index in [1.807, 2.05) is 35.0 Å². The molecule has 8 rings (SSSR count). The Bertz CT molecular complexity index is 1800. The van der Waals surface area contributed by atoms with E-state index >= 15 is 0 Å². The smallest absolute Gasteiger partial charge is 0.260 e. The molecule has 0 unspecified atom stereocenters. The highest BCUT2D eigenvalue weighted by Crippen LogP contribution is 2.69. The number of rotatable bonds is 8. The maximum atomic E-state index is 13.7. The van der Waals surface area contributed by atoms with Crippen LogP contribution in [-0.4, -0.2) is 37.1 Å². The first-order valence-corrected chi connectivity index (χ1v) is 13.0. The number of alkyl halides is 1. The van der Waals surface area contributed by atoms with Gasteiger partial charge in [0.2, 0.25) is 5.91 Å². The van der Waals surface area contributed by atoms with Crippen LogP contribution in [-0.2, 0) is 13.1 Å². The van der Waals surface area contributed by atoms with Gasteiger partial charge in [0.25, 0.3) is 5.56 Å². The number of nitrogens with two attached hydrogens (primary N) is 1. The van der Waals surface area contributed by atoms with Gasteiger partial charge in [-0.3, -0.25) is 14.6 Å². The molecule has 1 amide bonds. The van der Waals surface area contributed by atoms with Gasteiger partial charge in [0.05, 0.1) is 17.6 Å². The predicted octanol–water partition coefficient (Wildman–Crippen LogP) is 3.84. The molecular weight excluding hydrogens is 495 g/mol. The van der Waals surface area contributed by atoms with Crippen molar-refractivity contribution in [3.05, 3.63) is 101 Å². The SMILES string of the molecule is NC(=O)c1ccc(-c2cncc3c(=O)n(Cc4cn5cc(CNCC67CC(F)(C6)C7)ccc5n4)ccc23)cc1. The Labute approximate surface area is 223 Å². The Balaban J connectivity index is 1.10. The summed E-state index contributed by atoms with van der Waals surface area (Å²) in [6.07, 6.45) is 11.2. The minimum absolute atomic E-state index is 0.152. The summed E-state index contributed by atoms with van der Waals surface area (Å²) in [5.41, 5.74) is 9.30. The molecule has 8 nitrogen and oxygen atoms in total. The van der Waals surface area contributed by atoms with Gasteiger partial charge < -0.3 is 20.0 Å². The fourth-order valence-electron chi connectivity index (χ4n) is 6.34.